The number of nitrogens with one attached hydrogen (secondary N) is 1. The minimum atomic E-state index is -4.12. The lowest BCUT2D eigenvalue weighted by molar-refractivity contribution is -0.115. The van der Waals surface area contributed by atoms with Crippen LogP contribution >= 0.6 is 34.3 Å². The van der Waals surface area contributed by atoms with Gasteiger partial charge >= 0.3 is 5.97 Å². The summed E-state index contributed by atoms with van der Waals surface area (Å²) in [5.74, 6) is -3.64. The van der Waals surface area contributed by atoms with Crippen LogP contribution in [0.3, 0.4) is 0 Å². The first-order chi connectivity index (χ1) is 17.5. The molecule has 0 bridgehead atoms. The highest BCUT2D eigenvalue weighted by Crippen LogP contribution is 2.40. The second kappa shape index (κ2) is 11.1. The van der Waals surface area contributed by atoms with Crippen LogP contribution in [0, 0.1) is 5.92 Å². The van der Waals surface area contributed by atoms with Crippen molar-refractivity contribution in [3.63, 3.8) is 0 Å². The van der Waals surface area contributed by atoms with Crippen molar-refractivity contribution in [2.75, 3.05) is 23.4 Å². The number of aryl methyl sites for hydroxylation is 1. The first kappa shape index (κ1) is 27.5. The number of carbonyl (C=O) groups is 3. The van der Waals surface area contributed by atoms with Crippen molar-refractivity contribution in [1.29, 1.82) is 0 Å². The average Bonchev–Trinajstić information content (AvgIpc) is 3.28. The molecule has 3 aromatic rings. The second-order valence-corrected chi connectivity index (χ2v) is 13.5. The molecule has 1 atom stereocenters. The molecule has 1 aliphatic rings. The van der Waals surface area contributed by atoms with Gasteiger partial charge in [0.2, 0.25) is 5.91 Å². The highest BCUT2D eigenvalue weighted by Gasteiger charge is 2.30. The first-order valence-corrected chi connectivity index (χ1v) is 15.4. The van der Waals surface area contributed by atoms with Crippen LogP contribution in [-0.2, 0) is 44.1 Å². The van der Waals surface area contributed by atoms with Gasteiger partial charge in [0, 0.05) is 16.9 Å². The Morgan fingerprint density at radius 1 is 1.24 bits per heavy atom. The molecule has 0 fully saturated rings. The van der Waals surface area contributed by atoms with Crippen molar-refractivity contribution in [2.24, 2.45) is 18.0 Å². The lowest BCUT2D eigenvalue weighted by atomic mass is 9.88. The molecule has 13 heteroatoms. The molecule has 2 amide bonds. The Hall–Kier alpha value is -2.54. The van der Waals surface area contributed by atoms with E-state index in [4.69, 9.17) is 16.3 Å². The first-order valence-electron chi connectivity index (χ1n) is 11.6. The van der Waals surface area contributed by atoms with Gasteiger partial charge in [0.05, 0.1) is 22.4 Å². The van der Waals surface area contributed by atoms with E-state index < -0.39 is 39.1 Å². The van der Waals surface area contributed by atoms with Crippen LogP contribution in [0.15, 0.2) is 23.2 Å². The third kappa shape index (κ3) is 6.31. The number of benzene rings is 1. The zero-order chi connectivity index (χ0) is 26.9. The van der Waals surface area contributed by atoms with Gasteiger partial charge in [-0.3, -0.25) is 9.59 Å². The summed E-state index contributed by atoms with van der Waals surface area (Å²) in [6.07, 6.45) is 2.37. The maximum Gasteiger partial charge on any atom is 0.341 e. The molecule has 0 spiro atoms. The normalized spacial score (nSPS) is 16.0. The van der Waals surface area contributed by atoms with Crippen LogP contribution < -0.4 is 10.1 Å². The molecule has 0 radical (unpaired) electrons. The van der Waals surface area contributed by atoms with E-state index in [2.05, 4.69) is 17.2 Å². The molecule has 37 heavy (non-hydrogen) atoms. The number of aromatic nitrogens is 1. The molecule has 1 aliphatic carbocycles. The quantitative estimate of drug-likeness (QED) is 0.423. The summed E-state index contributed by atoms with van der Waals surface area (Å²) in [7, 11) is -2.41. The fourth-order valence-corrected chi connectivity index (χ4v) is 7.95. The van der Waals surface area contributed by atoms with Gasteiger partial charge in [-0.15, -0.1) is 11.3 Å². The van der Waals surface area contributed by atoms with Crippen LogP contribution in [0.5, 0.6) is 0 Å². The Kier molecular flexibility index (Phi) is 8.22. The number of carbonyl (C=O) groups excluding carboxylic acids is 3. The van der Waals surface area contributed by atoms with E-state index in [1.54, 1.807) is 36.7 Å². The Morgan fingerprint density at radius 3 is 2.73 bits per heavy atom. The molecular weight excluding hydrogens is 558 g/mol. The van der Waals surface area contributed by atoms with Crippen molar-refractivity contribution in [2.45, 2.75) is 33.1 Å². The third-order valence-corrected chi connectivity index (χ3v) is 9.82. The highest BCUT2D eigenvalue weighted by molar-refractivity contribution is 7.92. The zero-order valence-corrected chi connectivity index (χ0v) is 23.7. The van der Waals surface area contributed by atoms with E-state index in [1.807, 2.05) is 0 Å². The molecular formula is C24H26ClN3O6S3. The monoisotopic (exact) mass is 583 g/mol. The number of amides is 2. The fraction of sp³-hybridized carbons (Fsp3) is 0.417. The lowest BCUT2D eigenvalue weighted by Crippen LogP contribution is -2.28. The van der Waals surface area contributed by atoms with E-state index in [1.165, 1.54) is 22.7 Å². The number of anilines is 1. The molecule has 0 saturated heterocycles. The summed E-state index contributed by atoms with van der Waals surface area (Å²) in [6.45, 7) is 3.99. The second-order valence-electron chi connectivity index (χ2n) is 8.92. The molecule has 1 aromatic carbocycles. The summed E-state index contributed by atoms with van der Waals surface area (Å²) >= 11 is 8.49. The number of hydrogen-bond acceptors (Lipinski definition) is 8. The summed E-state index contributed by atoms with van der Waals surface area (Å²) in [4.78, 5) is 43.0. The number of halogens is 1. The summed E-state index contributed by atoms with van der Waals surface area (Å²) < 4.78 is 32.9. The number of ether oxygens (including phenoxy) is 1. The minimum Gasteiger partial charge on any atom is -0.462 e. The summed E-state index contributed by atoms with van der Waals surface area (Å²) in [5.41, 5.74) is 1.95. The van der Waals surface area contributed by atoms with Crippen molar-refractivity contribution in [3.05, 3.63) is 44.0 Å². The van der Waals surface area contributed by atoms with E-state index in [0.29, 0.717) is 27.7 Å². The number of fused-ring (bicyclic) bond motifs is 2. The van der Waals surface area contributed by atoms with Gasteiger partial charge in [0.25, 0.3) is 5.91 Å². The molecule has 1 unspecified atom stereocenters. The minimum absolute atomic E-state index is 0.178. The van der Waals surface area contributed by atoms with Gasteiger partial charge in [-0.25, -0.2) is 13.2 Å². The lowest BCUT2D eigenvalue weighted by Gasteiger charge is -2.18. The van der Waals surface area contributed by atoms with Crippen LogP contribution in [0.4, 0.5) is 5.00 Å². The maximum absolute atomic E-state index is 12.7. The van der Waals surface area contributed by atoms with E-state index >= 15 is 0 Å². The molecule has 0 saturated carbocycles. The number of sulfone groups is 1. The zero-order valence-electron chi connectivity index (χ0n) is 20.5. The predicted octanol–water partition coefficient (Wildman–Crippen LogP) is 3.74. The Morgan fingerprint density at radius 2 is 2.00 bits per heavy atom. The van der Waals surface area contributed by atoms with Crippen molar-refractivity contribution < 1.29 is 27.5 Å². The van der Waals surface area contributed by atoms with E-state index in [-0.39, 0.29) is 11.6 Å². The van der Waals surface area contributed by atoms with Gasteiger partial charge < -0.3 is 14.6 Å². The number of thiophene rings is 1. The molecule has 4 rings (SSSR count). The Bertz CT molecular complexity index is 1570. The molecule has 2 heterocycles. The van der Waals surface area contributed by atoms with E-state index in [0.717, 1.165) is 33.5 Å². The smallest absolute Gasteiger partial charge is 0.341 e. The van der Waals surface area contributed by atoms with Gasteiger partial charge in [0.1, 0.15) is 16.5 Å². The SMILES string of the molecule is CCOC(=O)c1c(NC(=O)CS(=O)(=O)CC(=O)N=c2sc3cc(Cl)ccc3n2C)sc2c1CCC(C)C2. The number of thiazole rings is 1. The van der Waals surface area contributed by atoms with Crippen LogP contribution in [0.25, 0.3) is 10.2 Å². The summed E-state index contributed by atoms with van der Waals surface area (Å²) in [6, 6.07) is 5.23. The highest BCUT2D eigenvalue weighted by atomic mass is 35.5. The molecule has 0 aliphatic heterocycles. The van der Waals surface area contributed by atoms with Crippen LogP contribution in [0.1, 0.15) is 41.1 Å². The fourth-order valence-electron chi connectivity index (χ4n) is 4.21. The Labute approximate surface area is 227 Å². The largest absolute Gasteiger partial charge is 0.462 e. The maximum atomic E-state index is 12.7. The number of hydrogen-bond donors (Lipinski definition) is 1. The van der Waals surface area contributed by atoms with Crippen LogP contribution in [0.2, 0.25) is 5.02 Å². The van der Waals surface area contributed by atoms with Crippen molar-refractivity contribution >= 4 is 77.1 Å². The topological polar surface area (TPSA) is 124 Å². The van der Waals surface area contributed by atoms with Crippen molar-refractivity contribution in [3.8, 4) is 0 Å². The standard InChI is InChI=1S/C24H26ClN3O6S3/c1-4-34-23(31)21-15-7-5-13(2)9-17(15)35-22(21)26-19(29)11-37(32,33)12-20(30)27-24-28(3)16-8-6-14(25)10-18(16)36-24/h6,8,10,13H,4-5,7,9,11-12H2,1-3H3,(H,26,29). The Balaban J connectivity index is 1.49. The molecule has 1 N–H and O–H groups in total. The van der Waals surface area contributed by atoms with Crippen LogP contribution in [-0.4, -0.2) is 48.9 Å². The summed E-state index contributed by atoms with van der Waals surface area (Å²) in [5, 5.41) is 3.39. The van der Waals surface area contributed by atoms with Gasteiger partial charge in [0.15, 0.2) is 14.6 Å². The predicted molar refractivity (Wildman–Crippen MR) is 145 cm³/mol. The number of esters is 1. The molecule has 9 nitrogen and oxygen atoms in total. The number of nitrogens with zero attached hydrogens (tertiary/aromatic N) is 2. The van der Waals surface area contributed by atoms with Gasteiger partial charge in [-0.2, -0.15) is 4.99 Å². The third-order valence-electron chi connectivity index (χ3n) is 5.93. The van der Waals surface area contributed by atoms with E-state index in [9.17, 15) is 22.8 Å². The average molecular weight is 584 g/mol. The molecule has 2 aromatic heterocycles. The molecule has 198 valence electrons. The van der Waals surface area contributed by atoms with Gasteiger partial charge in [-0.05, 0) is 55.9 Å². The van der Waals surface area contributed by atoms with Crippen molar-refractivity contribution in [1.82, 2.24) is 4.57 Å². The number of rotatable bonds is 7. The van der Waals surface area contributed by atoms with Gasteiger partial charge in [-0.1, -0.05) is 29.9 Å².